The van der Waals surface area contributed by atoms with E-state index in [0.717, 1.165) is 127 Å². The van der Waals surface area contributed by atoms with Gasteiger partial charge in [-0.3, -0.25) is 19.2 Å². The molecule has 8 aromatic carbocycles. The summed E-state index contributed by atoms with van der Waals surface area (Å²) in [5.41, 5.74) is 16.0. The second-order valence-electron chi connectivity index (χ2n) is 36.6. The second-order valence-corrected chi connectivity index (χ2v) is 38.3. The van der Waals surface area contributed by atoms with Gasteiger partial charge >= 0.3 is 0 Å². The predicted octanol–water partition coefficient (Wildman–Crippen LogP) is 15.7. The van der Waals surface area contributed by atoms with Crippen LogP contribution in [-0.4, -0.2) is 207 Å². The van der Waals surface area contributed by atoms with Gasteiger partial charge in [0.2, 0.25) is 46.9 Å². The highest BCUT2D eigenvalue weighted by molar-refractivity contribution is 9.11. The summed E-state index contributed by atoms with van der Waals surface area (Å²) in [4.78, 5) is 75.8. The first-order chi connectivity index (χ1) is 64.7. The first kappa shape index (κ1) is 93.0. The fourth-order valence-electron chi connectivity index (χ4n) is 20.6. The van der Waals surface area contributed by atoms with Crippen LogP contribution >= 0.6 is 31.9 Å². The lowest BCUT2D eigenvalue weighted by atomic mass is 9.80. The molecule has 0 unspecified atom stereocenters. The molecule has 4 aromatic heterocycles. The van der Waals surface area contributed by atoms with Gasteiger partial charge in [0.25, 0.3) is 23.6 Å². The lowest BCUT2D eigenvalue weighted by Crippen LogP contribution is -2.32. The zero-order valence-electron chi connectivity index (χ0n) is 75.8. The number of rotatable bonds is 24. The van der Waals surface area contributed by atoms with Crippen LogP contribution in [0.3, 0.4) is 0 Å². The third kappa shape index (κ3) is 18.6. The Morgan fingerprint density at radius 2 is 0.597 bits per heavy atom. The molecule has 4 spiro atoms. The van der Waals surface area contributed by atoms with Crippen molar-refractivity contribution in [2.75, 3.05) is 78.8 Å². The van der Waals surface area contributed by atoms with E-state index in [1.54, 1.807) is 56.0 Å². The molecular formula is C102H104Br2N14O16. The van der Waals surface area contributed by atoms with Gasteiger partial charge < -0.3 is 77.1 Å². The monoisotopic (exact) mass is 1940 g/mol. The van der Waals surface area contributed by atoms with Crippen LogP contribution < -0.4 is 18.9 Å². The van der Waals surface area contributed by atoms with E-state index < -0.39 is 0 Å². The molecule has 4 atom stereocenters. The number of hydrogen-bond acceptors (Lipinski definition) is 26. The maximum atomic E-state index is 12.5. The average molecular weight is 1940 g/mol. The highest BCUT2D eigenvalue weighted by atomic mass is 79.9. The van der Waals surface area contributed by atoms with Crippen LogP contribution in [0.5, 0.6) is 23.0 Å². The number of fused-ring (bicyclic) bond motifs is 8. The molecule has 8 heterocycles. The van der Waals surface area contributed by atoms with Crippen LogP contribution in [0.2, 0.25) is 0 Å². The van der Waals surface area contributed by atoms with E-state index in [1.807, 2.05) is 140 Å². The summed E-state index contributed by atoms with van der Waals surface area (Å²) in [5, 5.41) is 73.3. The van der Waals surface area contributed by atoms with Gasteiger partial charge in [0, 0.05) is 144 Å². The predicted molar refractivity (Wildman–Crippen MR) is 502 cm³/mol. The van der Waals surface area contributed by atoms with Crippen LogP contribution in [0.15, 0.2) is 173 Å². The smallest absolute Gasteiger partial charge is 0.258 e. The number of aliphatic hydroxyl groups excluding tert-OH is 4. The number of nitriles is 2. The molecule has 0 radical (unpaired) electrons. The minimum atomic E-state index is -0.224. The number of halogens is 2. The van der Waals surface area contributed by atoms with E-state index in [9.17, 15) is 50.1 Å². The summed E-state index contributed by atoms with van der Waals surface area (Å²) < 4.78 is 47.0. The number of carbonyl (C=O) groups is 4. The molecule has 0 saturated carbocycles. The number of benzene rings is 8. The Balaban J connectivity index is 0.000000124. The highest BCUT2D eigenvalue weighted by Gasteiger charge is 2.53. The number of amides is 4. The summed E-state index contributed by atoms with van der Waals surface area (Å²) in [6, 6.07) is 50.6. The summed E-state index contributed by atoms with van der Waals surface area (Å²) in [5.74, 6) is 6.60. The van der Waals surface area contributed by atoms with E-state index in [4.69, 9.17) is 37.0 Å². The molecule has 692 valence electrons. The molecule has 32 heteroatoms. The topological polar surface area (TPSA) is 402 Å². The number of β-amino-alcohol motifs (C(OH)–C–C–N with tert-alkyl or cyclic N) is 4. The number of aromatic nitrogens is 8. The molecule has 4 amide bonds. The molecule has 0 bridgehead atoms. The van der Waals surface area contributed by atoms with Crippen LogP contribution in [0.4, 0.5) is 0 Å². The largest absolute Gasteiger partial charge is 0.490 e. The molecule has 8 aliphatic rings. The third-order valence-corrected chi connectivity index (χ3v) is 27.6. The highest BCUT2D eigenvalue weighted by Crippen LogP contribution is 2.54. The third-order valence-electron chi connectivity index (χ3n) is 26.4. The van der Waals surface area contributed by atoms with Gasteiger partial charge in [-0.1, -0.05) is 93.4 Å². The maximum Gasteiger partial charge on any atom is 0.258 e. The number of hydrogen-bond donors (Lipinski definition) is 4. The van der Waals surface area contributed by atoms with E-state index in [0.29, 0.717) is 159 Å². The maximum absolute atomic E-state index is 12.5. The van der Waals surface area contributed by atoms with Crippen molar-refractivity contribution in [3.63, 3.8) is 0 Å². The molecule has 4 aliphatic carbocycles. The molecule has 4 fully saturated rings. The zero-order chi connectivity index (χ0) is 94.1. The number of aliphatic hydroxyl groups is 4. The van der Waals surface area contributed by atoms with Crippen molar-refractivity contribution in [3.8, 4) is 127 Å². The number of likely N-dealkylation sites (tertiary alicyclic amines) is 4. The number of nitrogens with zero attached hydrogens (tertiary/aromatic N) is 14. The molecule has 4 aliphatic heterocycles. The van der Waals surface area contributed by atoms with Gasteiger partial charge in [0.15, 0.2) is 0 Å². The SMILES string of the molecule is CC(C)Oc1ccc(-c2nc(-c3cccc4c3CC[C@@]43CC(=O)N(CCO)C3)no2)cc1Br.CC(C)Oc1ccc(-c2nc(-c3cccc4c3CC[C@@]43CC(=O)N(CCO)C3)no2)cc1C#N.CC(C)Oc1ccc(-c2nc(-c3cccc4c3CC[C@]43CC(=O)N(CCO)C3)no2)cc1Br.CC(C)Oc1ccc(-c2nc(-c3cccc4c3CC[C@]43CC(=O)N(CCO)C3)no2)cc1C#N. The Labute approximate surface area is 791 Å². The second kappa shape index (κ2) is 39.0. The lowest BCUT2D eigenvalue weighted by molar-refractivity contribution is -0.128. The summed E-state index contributed by atoms with van der Waals surface area (Å²) in [6.07, 6.45) is 8.92. The number of ether oxygens (including phenoxy) is 4. The Morgan fingerprint density at radius 3 is 0.828 bits per heavy atom. The van der Waals surface area contributed by atoms with Gasteiger partial charge in [-0.05, 0) is 256 Å². The molecule has 20 rings (SSSR count). The quantitative estimate of drug-likeness (QED) is 0.0436. The summed E-state index contributed by atoms with van der Waals surface area (Å²) in [6.45, 7) is 19.6. The fourth-order valence-corrected chi connectivity index (χ4v) is 21.5. The fraction of sp³-hybridized carbons (Fsp3) is 0.392. The van der Waals surface area contributed by atoms with Crippen molar-refractivity contribution in [2.45, 2.75) is 179 Å². The molecule has 30 nitrogen and oxygen atoms in total. The van der Waals surface area contributed by atoms with Gasteiger partial charge in [-0.15, -0.1) is 0 Å². The van der Waals surface area contributed by atoms with Crippen molar-refractivity contribution in [1.29, 1.82) is 10.5 Å². The van der Waals surface area contributed by atoms with E-state index in [-0.39, 0.29) is 96.1 Å². The lowest BCUT2D eigenvalue weighted by Gasteiger charge is -2.24. The van der Waals surface area contributed by atoms with E-state index in [2.05, 4.69) is 109 Å². The number of carbonyl (C=O) groups excluding carboxylic acids is 4. The van der Waals surface area contributed by atoms with Crippen molar-refractivity contribution in [3.05, 3.63) is 210 Å². The Morgan fingerprint density at radius 1 is 0.358 bits per heavy atom. The summed E-state index contributed by atoms with van der Waals surface area (Å²) >= 11 is 7.12. The van der Waals surface area contributed by atoms with Gasteiger partial charge in [0.1, 0.15) is 35.1 Å². The van der Waals surface area contributed by atoms with Crippen LogP contribution in [0.1, 0.15) is 162 Å². The molecule has 4 N–H and O–H groups in total. The Kier molecular flexibility index (Phi) is 27.1. The minimum absolute atomic E-state index is 0.0129. The molecular weight excluding hydrogens is 1840 g/mol. The van der Waals surface area contributed by atoms with Gasteiger partial charge in [-0.2, -0.15) is 30.5 Å². The van der Waals surface area contributed by atoms with Crippen molar-refractivity contribution in [1.82, 2.24) is 60.2 Å². The van der Waals surface area contributed by atoms with Crippen LogP contribution in [-0.2, 0) is 66.5 Å². The van der Waals surface area contributed by atoms with Gasteiger partial charge in [-0.25, -0.2) is 0 Å². The molecule has 134 heavy (non-hydrogen) atoms. The first-order valence-electron chi connectivity index (χ1n) is 45.4. The van der Waals surface area contributed by atoms with Gasteiger partial charge in [0.05, 0.1) is 70.9 Å². The minimum Gasteiger partial charge on any atom is -0.490 e. The normalized spacial score (nSPS) is 19.4. The van der Waals surface area contributed by atoms with Crippen molar-refractivity contribution in [2.24, 2.45) is 0 Å². The average Bonchev–Trinajstić information content (AvgIpc) is 1.59. The van der Waals surface area contributed by atoms with E-state index >= 15 is 0 Å². The van der Waals surface area contributed by atoms with Crippen molar-refractivity contribution < 1.29 is 76.6 Å². The zero-order valence-corrected chi connectivity index (χ0v) is 79.0. The van der Waals surface area contributed by atoms with Crippen molar-refractivity contribution >= 4 is 55.5 Å². The van der Waals surface area contributed by atoms with E-state index in [1.165, 1.54) is 22.3 Å². The molecule has 4 saturated heterocycles. The van der Waals surface area contributed by atoms with Crippen LogP contribution in [0, 0.1) is 22.7 Å². The Bertz CT molecular complexity index is 6160. The first-order valence-corrected chi connectivity index (χ1v) is 47.0. The Hall–Kier alpha value is -12.8. The summed E-state index contributed by atoms with van der Waals surface area (Å²) in [7, 11) is 0. The molecule has 12 aromatic rings. The standard InChI is InChI=1S/2C26H26N4O4.2C25H26BrN3O4/c2*1-16(2)33-22-7-6-17(12-18(22)14-27)25-28-24(29-34-25)20-4-3-5-21-19(20)8-9-26(21)13-23(32)30(15-26)10-11-31;2*1-15(2)32-21-7-6-16(12-20(21)26)24-27-23(28-33-24)18-4-3-5-19-17(18)8-9-25(19)13-22(31)29(14-25)10-11-30/h2*3-7,12,16,31H,8-11,13,15H2,1-2H3;2*3-7,12,15,30H,8-11,13-14H2,1-2H3/t2*26-;2*25-/m1010/s1. The van der Waals surface area contributed by atoms with Crippen LogP contribution in [0.25, 0.3) is 91.4 Å².